The Hall–Kier alpha value is -0.990. The molecule has 0 aliphatic carbocycles. The minimum Gasteiger partial charge on any atom is -0.250 e. The van der Waals surface area contributed by atoms with Crippen molar-refractivity contribution in [2.24, 2.45) is 0 Å². The summed E-state index contributed by atoms with van der Waals surface area (Å²) in [4.78, 5) is 4.51. The fourth-order valence-corrected chi connectivity index (χ4v) is 5.16. The highest BCUT2D eigenvalue weighted by Gasteiger charge is 2.14. The number of halogens is 1. The van der Waals surface area contributed by atoms with Crippen LogP contribution in [-0.4, -0.2) is 4.98 Å². The van der Waals surface area contributed by atoms with Gasteiger partial charge in [-0.25, -0.2) is 4.98 Å². The van der Waals surface area contributed by atoms with Crippen molar-refractivity contribution in [2.45, 2.75) is 107 Å². The van der Waals surface area contributed by atoms with Crippen LogP contribution in [0.15, 0.2) is 53.7 Å². The lowest BCUT2D eigenvalue weighted by Crippen LogP contribution is -1.96. The molecule has 0 fully saturated rings. The molecule has 1 unspecified atom stereocenters. The zero-order chi connectivity index (χ0) is 21.3. The lowest BCUT2D eigenvalue weighted by Gasteiger charge is -2.17. The van der Waals surface area contributed by atoms with Crippen molar-refractivity contribution in [3.05, 3.63) is 59.2 Å². The molecule has 0 radical (unpaired) electrons. The fourth-order valence-electron chi connectivity index (χ4n) is 3.88. The zero-order valence-electron chi connectivity index (χ0n) is 18.8. The molecule has 2 rings (SSSR count). The van der Waals surface area contributed by atoms with Crippen molar-refractivity contribution in [1.82, 2.24) is 4.98 Å². The predicted octanol–water partition coefficient (Wildman–Crippen LogP) is 10.0. The number of unbranched alkanes of at least 4 members (excludes halogenated alkanes) is 12. The molecular weight excluding hydrogens is 406 g/mol. The van der Waals surface area contributed by atoms with Crippen LogP contribution in [0.25, 0.3) is 0 Å². The Bertz CT molecular complexity index is 644. The molecule has 166 valence electrons. The van der Waals surface area contributed by atoms with E-state index in [4.69, 9.17) is 11.6 Å². The van der Waals surface area contributed by atoms with Gasteiger partial charge in [-0.3, -0.25) is 0 Å². The Morgan fingerprint density at radius 3 is 1.83 bits per heavy atom. The molecule has 0 bridgehead atoms. The van der Waals surface area contributed by atoms with Crippen LogP contribution in [0.5, 0.6) is 0 Å². The third kappa shape index (κ3) is 11.4. The number of hydrogen-bond donors (Lipinski definition) is 0. The fraction of sp³-hybridized carbons (Fsp3) is 0.593. The number of rotatable bonds is 17. The van der Waals surface area contributed by atoms with Crippen molar-refractivity contribution in [3.8, 4) is 0 Å². The topological polar surface area (TPSA) is 12.9 Å². The summed E-state index contributed by atoms with van der Waals surface area (Å²) >= 11 is 7.97. The molecule has 0 amide bonds. The van der Waals surface area contributed by atoms with Gasteiger partial charge in [0.25, 0.3) is 0 Å². The van der Waals surface area contributed by atoms with Crippen LogP contribution >= 0.6 is 23.4 Å². The average molecular weight is 446 g/mol. The summed E-state index contributed by atoms with van der Waals surface area (Å²) in [5, 5.41) is 2.36. The van der Waals surface area contributed by atoms with Crippen LogP contribution in [0.2, 0.25) is 5.02 Å². The van der Waals surface area contributed by atoms with Crippen molar-refractivity contribution < 1.29 is 0 Å². The summed E-state index contributed by atoms with van der Waals surface area (Å²) < 4.78 is 0. The van der Waals surface area contributed by atoms with Gasteiger partial charge in [0.2, 0.25) is 0 Å². The lowest BCUT2D eigenvalue weighted by molar-refractivity contribution is 0.535. The van der Waals surface area contributed by atoms with E-state index in [2.05, 4.69) is 36.2 Å². The monoisotopic (exact) mass is 445 g/mol. The molecular formula is C27H40ClNS. The summed E-state index contributed by atoms with van der Waals surface area (Å²) in [6.07, 6.45) is 21.3. The molecule has 0 spiro atoms. The highest BCUT2D eigenvalue weighted by atomic mass is 35.5. The SMILES string of the molecule is CCCCCCCCCCCCCCCC(Sc1ccccn1)c1ccc(Cl)cc1. The maximum Gasteiger partial charge on any atom is 0.0965 e. The summed E-state index contributed by atoms with van der Waals surface area (Å²) in [6.45, 7) is 2.29. The second-order valence-electron chi connectivity index (χ2n) is 8.36. The molecule has 0 saturated heterocycles. The second-order valence-corrected chi connectivity index (χ2v) is 10.0. The first-order chi connectivity index (χ1) is 14.8. The van der Waals surface area contributed by atoms with E-state index in [0.717, 1.165) is 10.0 Å². The number of hydrogen-bond acceptors (Lipinski definition) is 2. The van der Waals surface area contributed by atoms with Gasteiger partial charge >= 0.3 is 0 Å². The van der Waals surface area contributed by atoms with E-state index in [1.165, 1.54) is 95.5 Å². The molecule has 1 atom stereocenters. The highest BCUT2D eigenvalue weighted by Crippen LogP contribution is 2.38. The van der Waals surface area contributed by atoms with E-state index in [1.807, 2.05) is 36.2 Å². The van der Waals surface area contributed by atoms with Crippen LogP contribution in [0, 0.1) is 0 Å². The molecule has 0 aliphatic rings. The molecule has 2 aromatic rings. The Kier molecular flexibility index (Phi) is 14.0. The van der Waals surface area contributed by atoms with Gasteiger partial charge in [-0.2, -0.15) is 0 Å². The van der Waals surface area contributed by atoms with Crippen molar-refractivity contribution >= 4 is 23.4 Å². The summed E-state index contributed by atoms with van der Waals surface area (Å²) in [7, 11) is 0. The van der Waals surface area contributed by atoms with Gasteiger partial charge in [0.1, 0.15) is 0 Å². The minimum atomic E-state index is 0.449. The van der Waals surface area contributed by atoms with Gasteiger partial charge in [-0.1, -0.05) is 132 Å². The van der Waals surface area contributed by atoms with Crippen LogP contribution in [-0.2, 0) is 0 Å². The van der Waals surface area contributed by atoms with E-state index in [9.17, 15) is 0 Å². The van der Waals surface area contributed by atoms with Crippen LogP contribution in [0.3, 0.4) is 0 Å². The van der Waals surface area contributed by atoms with E-state index < -0.39 is 0 Å². The van der Waals surface area contributed by atoms with Gasteiger partial charge in [0, 0.05) is 16.5 Å². The molecule has 0 N–H and O–H groups in total. The van der Waals surface area contributed by atoms with Crippen molar-refractivity contribution in [2.75, 3.05) is 0 Å². The zero-order valence-corrected chi connectivity index (χ0v) is 20.4. The standard InChI is InChI=1S/C27H40ClNS/c1-2-3-4-5-6-7-8-9-10-11-12-13-14-17-26(24-19-21-25(28)22-20-24)30-27-18-15-16-23-29-27/h15-16,18-23,26H,2-14,17H2,1H3. The van der Waals surface area contributed by atoms with Gasteiger partial charge in [-0.15, -0.1) is 0 Å². The maximum absolute atomic E-state index is 6.09. The largest absolute Gasteiger partial charge is 0.250 e. The third-order valence-corrected chi connectivity index (χ3v) is 7.24. The van der Waals surface area contributed by atoms with E-state index >= 15 is 0 Å². The first-order valence-corrected chi connectivity index (χ1v) is 13.4. The predicted molar refractivity (Wildman–Crippen MR) is 135 cm³/mol. The van der Waals surface area contributed by atoms with Gasteiger partial charge in [0.15, 0.2) is 0 Å². The molecule has 1 nitrogen and oxygen atoms in total. The number of pyridine rings is 1. The van der Waals surface area contributed by atoms with Crippen LogP contribution in [0.4, 0.5) is 0 Å². The minimum absolute atomic E-state index is 0.449. The van der Waals surface area contributed by atoms with E-state index in [1.54, 1.807) is 0 Å². The summed E-state index contributed by atoms with van der Waals surface area (Å²) in [5.41, 5.74) is 1.36. The molecule has 0 saturated carbocycles. The number of thioether (sulfide) groups is 1. The number of aromatic nitrogens is 1. The molecule has 0 aliphatic heterocycles. The second kappa shape index (κ2) is 16.7. The Morgan fingerprint density at radius 1 is 0.733 bits per heavy atom. The van der Waals surface area contributed by atoms with Gasteiger partial charge < -0.3 is 0 Å². The van der Waals surface area contributed by atoms with Crippen molar-refractivity contribution in [1.29, 1.82) is 0 Å². The number of nitrogens with zero attached hydrogens (tertiary/aromatic N) is 1. The lowest BCUT2D eigenvalue weighted by atomic mass is 10.0. The average Bonchev–Trinajstić information content (AvgIpc) is 2.77. The van der Waals surface area contributed by atoms with Crippen LogP contribution in [0.1, 0.15) is 108 Å². The first kappa shape index (κ1) is 25.3. The van der Waals surface area contributed by atoms with E-state index in [-0.39, 0.29) is 0 Å². The summed E-state index contributed by atoms with van der Waals surface area (Å²) in [6, 6.07) is 14.5. The number of benzene rings is 1. The Balaban J connectivity index is 1.59. The smallest absolute Gasteiger partial charge is 0.0965 e. The molecule has 30 heavy (non-hydrogen) atoms. The molecule has 1 heterocycles. The molecule has 1 aromatic heterocycles. The van der Waals surface area contributed by atoms with Crippen molar-refractivity contribution in [3.63, 3.8) is 0 Å². The highest BCUT2D eigenvalue weighted by molar-refractivity contribution is 7.99. The van der Waals surface area contributed by atoms with Gasteiger partial charge in [-0.05, 0) is 36.2 Å². The normalized spacial score (nSPS) is 12.2. The van der Waals surface area contributed by atoms with Crippen LogP contribution < -0.4 is 0 Å². The molecule has 3 heteroatoms. The third-order valence-electron chi connectivity index (χ3n) is 5.71. The first-order valence-electron chi connectivity index (χ1n) is 12.1. The Morgan fingerprint density at radius 2 is 1.30 bits per heavy atom. The van der Waals surface area contributed by atoms with Gasteiger partial charge in [0.05, 0.1) is 5.03 Å². The van der Waals surface area contributed by atoms with E-state index in [0.29, 0.717) is 5.25 Å². The quantitative estimate of drug-likeness (QED) is 0.177. The maximum atomic E-state index is 6.09. The Labute approximate surface area is 194 Å². The molecule has 1 aromatic carbocycles. The summed E-state index contributed by atoms with van der Waals surface area (Å²) in [5.74, 6) is 0.